The van der Waals surface area contributed by atoms with E-state index in [1.54, 1.807) is 6.07 Å². The fourth-order valence-corrected chi connectivity index (χ4v) is 4.32. The Morgan fingerprint density at radius 1 is 1.35 bits per heavy atom. The lowest BCUT2D eigenvalue weighted by Crippen LogP contribution is -2.25. The number of anilines is 1. The number of rotatable bonds is 7. The summed E-state index contributed by atoms with van der Waals surface area (Å²) >= 11 is 0. The van der Waals surface area contributed by atoms with Gasteiger partial charge in [-0.3, -0.25) is 14.9 Å². The molecular weight excluding hydrogens is 400 g/mol. The molecule has 162 valence electrons. The minimum atomic E-state index is -0.519. The third-order valence-corrected chi connectivity index (χ3v) is 5.75. The summed E-state index contributed by atoms with van der Waals surface area (Å²) < 4.78 is 13.3. The molecule has 1 atom stereocenters. The van der Waals surface area contributed by atoms with Gasteiger partial charge in [-0.15, -0.1) is 0 Å². The predicted octanol–water partition coefficient (Wildman–Crippen LogP) is 3.34. The zero-order valence-electron chi connectivity index (χ0n) is 17.1. The first-order valence-corrected chi connectivity index (χ1v) is 10.5. The van der Waals surface area contributed by atoms with Gasteiger partial charge < -0.3 is 19.4 Å². The fourth-order valence-electron chi connectivity index (χ4n) is 4.32. The standard InChI is InChI=1S/C22H24N4O5/c23-12-19-18-8-1-2-9-20(18)25(13-17-7-4-10-30-17)22(19)24-21(27)14-31-16-6-3-5-15(11-16)26(28)29/h3,5-6,11,17H,1-2,4,7-10,13-14H2,(H,24,27). The number of nitro groups is 1. The normalized spacial score (nSPS) is 17.6. The van der Waals surface area contributed by atoms with Crippen LogP contribution < -0.4 is 10.1 Å². The average molecular weight is 424 g/mol. The fraction of sp³-hybridized carbons (Fsp3) is 0.455. The summed E-state index contributed by atoms with van der Waals surface area (Å²) in [5.74, 6) is 0.308. The smallest absolute Gasteiger partial charge is 0.273 e. The average Bonchev–Trinajstić information content (AvgIpc) is 3.39. The number of nitrogens with one attached hydrogen (secondary N) is 1. The molecular formula is C22H24N4O5. The number of aromatic nitrogens is 1. The van der Waals surface area contributed by atoms with E-state index in [-0.39, 0.29) is 24.1 Å². The molecule has 1 N–H and O–H groups in total. The van der Waals surface area contributed by atoms with E-state index in [0.29, 0.717) is 17.9 Å². The van der Waals surface area contributed by atoms with Gasteiger partial charge in [0.25, 0.3) is 11.6 Å². The number of nitriles is 1. The highest BCUT2D eigenvalue weighted by atomic mass is 16.6. The second kappa shape index (κ2) is 9.18. The number of non-ortho nitro benzene ring substituents is 1. The Hall–Kier alpha value is -3.38. The molecule has 4 rings (SSSR count). The van der Waals surface area contributed by atoms with E-state index in [1.807, 2.05) is 4.57 Å². The summed E-state index contributed by atoms with van der Waals surface area (Å²) in [6.45, 7) is 1.02. The van der Waals surface area contributed by atoms with E-state index in [4.69, 9.17) is 9.47 Å². The number of hydrogen-bond donors (Lipinski definition) is 1. The zero-order valence-corrected chi connectivity index (χ0v) is 17.1. The molecule has 0 saturated carbocycles. The summed E-state index contributed by atoms with van der Waals surface area (Å²) in [4.78, 5) is 23.0. The Bertz CT molecular complexity index is 1030. The monoisotopic (exact) mass is 424 g/mol. The minimum absolute atomic E-state index is 0.0711. The van der Waals surface area contributed by atoms with Crippen molar-refractivity contribution in [2.45, 2.75) is 51.2 Å². The first kappa shape index (κ1) is 20.9. The molecule has 0 spiro atoms. The van der Waals surface area contributed by atoms with Crippen LogP contribution in [0, 0.1) is 21.4 Å². The van der Waals surface area contributed by atoms with E-state index in [2.05, 4.69) is 11.4 Å². The molecule has 1 aromatic carbocycles. The summed E-state index contributed by atoms with van der Waals surface area (Å²) in [6, 6.07) is 7.96. The van der Waals surface area contributed by atoms with Crippen molar-refractivity contribution in [3.05, 3.63) is 51.2 Å². The lowest BCUT2D eigenvalue weighted by molar-refractivity contribution is -0.384. The molecule has 1 fully saturated rings. The van der Waals surface area contributed by atoms with Crippen molar-refractivity contribution in [1.82, 2.24) is 4.57 Å². The third-order valence-electron chi connectivity index (χ3n) is 5.75. The molecule has 31 heavy (non-hydrogen) atoms. The van der Waals surface area contributed by atoms with Gasteiger partial charge in [-0.2, -0.15) is 5.26 Å². The molecule has 1 aliphatic heterocycles. The van der Waals surface area contributed by atoms with Crippen molar-refractivity contribution >= 4 is 17.4 Å². The zero-order chi connectivity index (χ0) is 21.8. The van der Waals surface area contributed by atoms with Crippen LogP contribution >= 0.6 is 0 Å². The molecule has 0 radical (unpaired) electrons. The quantitative estimate of drug-likeness (QED) is 0.538. The van der Waals surface area contributed by atoms with Crippen LogP contribution in [0.5, 0.6) is 5.75 Å². The van der Waals surface area contributed by atoms with Gasteiger partial charge in [-0.25, -0.2) is 0 Å². The van der Waals surface area contributed by atoms with E-state index >= 15 is 0 Å². The number of nitro benzene ring substituents is 1. The van der Waals surface area contributed by atoms with Crippen LogP contribution in [0.4, 0.5) is 11.5 Å². The van der Waals surface area contributed by atoms with Gasteiger partial charge in [0.05, 0.1) is 29.2 Å². The number of benzene rings is 1. The van der Waals surface area contributed by atoms with Gasteiger partial charge in [-0.1, -0.05) is 6.07 Å². The van der Waals surface area contributed by atoms with Gasteiger partial charge in [-0.05, 0) is 50.2 Å². The Balaban J connectivity index is 1.53. The first-order chi connectivity index (χ1) is 15.1. The number of hydrogen-bond acceptors (Lipinski definition) is 6. The molecule has 2 heterocycles. The molecule has 2 aromatic rings. The molecule has 9 heteroatoms. The predicted molar refractivity (Wildman–Crippen MR) is 112 cm³/mol. The molecule has 2 aliphatic rings. The van der Waals surface area contributed by atoms with Crippen molar-refractivity contribution in [3.63, 3.8) is 0 Å². The highest BCUT2D eigenvalue weighted by Gasteiger charge is 2.28. The van der Waals surface area contributed by atoms with Crippen LogP contribution in [-0.4, -0.2) is 34.7 Å². The molecule has 1 aliphatic carbocycles. The van der Waals surface area contributed by atoms with E-state index in [0.717, 1.165) is 56.4 Å². The van der Waals surface area contributed by atoms with Crippen LogP contribution in [-0.2, 0) is 28.9 Å². The third kappa shape index (κ3) is 4.54. The highest BCUT2D eigenvalue weighted by molar-refractivity contribution is 5.93. The molecule has 1 amide bonds. The first-order valence-electron chi connectivity index (χ1n) is 10.5. The maximum Gasteiger partial charge on any atom is 0.273 e. The number of nitrogens with zero attached hydrogens (tertiary/aromatic N) is 3. The Morgan fingerprint density at radius 3 is 2.94 bits per heavy atom. The van der Waals surface area contributed by atoms with Crippen LogP contribution in [0.25, 0.3) is 0 Å². The van der Waals surface area contributed by atoms with Crippen molar-refractivity contribution in [1.29, 1.82) is 5.26 Å². The van der Waals surface area contributed by atoms with E-state index < -0.39 is 10.8 Å². The maximum atomic E-state index is 12.7. The summed E-state index contributed by atoms with van der Waals surface area (Å²) in [7, 11) is 0. The van der Waals surface area contributed by atoms with E-state index in [1.165, 1.54) is 18.2 Å². The number of fused-ring (bicyclic) bond motifs is 1. The molecule has 1 aromatic heterocycles. The van der Waals surface area contributed by atoms with Gasteiger partial charge in [0.15, 0.2) is 6.61 Å². The Labute approximate surface area is 179 Å². The maximum absolute atomic E-state index is 12.7. The van der Waals surface area contributed by atoms with Crippen molar-refractivity contribution < 1.29 is 19.2 Å². The van der Waals surface area contributed by atoms with Crippen LogP contribution in [0.15, 0.2) is 24.3 Å². The Kier molecular flexibility index (Phi) is 6.18. The van der Waals surface area contributed by atoms with Gasteiger partial charge >= 0.3 is 0 Å². The number of carbonyl (C=O) groups is 1. The van der Waals surface area contributed by atoms with Crippen LogP contribution in [0.3, 0.4) is 0 Å². The van der Waals surface area contributed by atoms with Crippen molar-refractivity contribution in [2.75, 3.05) is 18.5 Å². The number of ether oxygens (including phenoxy) is 2. The van der Waals surface area contributed by atoms with E-state index in [9.17, 15) is 20.2 Å². The minimum Gasteiger partial charge on any atom is -0.484 e. The molecule has 1 unspecified atom stereocenters. The second-order valence-corrected chi connectivity index (χ2v) is 7.80. The lowest BCUT2D eigenvalue weighted by atomic mass is 9.95. The van der Waals surface area contributed by atoms with Crippen molar-refractivity contribution in [3.8, 4) is 11.8 Å². The largest absolute Gasteiger partial charge is 0.484 e. The number of amides is 1. The van der Waals surface area contributed by atoms with Gasteiger partial charge in [0.2, 0.25) is 0 Å². The number of carbonyl (C=O) groups excluding carboxylic acids is 1. The lowest BCUT2D eigenvalue weighted by Gasteiger charge is -2.20. The topological polar surface area (TPSA) is 119 Å². The molecule has 1 saturated heterocycles. The molecule has 0 bridgehead atoms. The molecule has 9 nitrogen and oxygen atoms in total. The summed E-state index contributed by atoms with van der Waals surface area (Å²) in [6.07, 6.45) is 5.81. The SMILES string of the molecule is N#Cc1c2c(n(CC3CCCO3)c1NC(=O)COc1cccc([N+](=O)[O-])c1)CCCC2. The summed E-state index contributed by atoms with van der Waals surface area (Å²) in [5.41, 5.74) is 2.52. The van der Waals surface area contributed by atoms with Gasteiger partial charge in [0.1, 0.15) is 17.6 Å². The second-order valence-electron chi connectivity index (χ2n) is 7.80. The van der Waals surface area contributed by atoms with Crippen LogP contribution in [0.1, 0.15) is 42.5 Å². The highest BCUT2D eigenvalue weighted by Crippen LogP contribution is 2.34. The Morgan fingerprint density at radius 2 is 2.19 bits per heavy atom. The van der Waals surface area contributed by atoms with Crippen molar-refractivity contribution in [2.24, 2.45) is 0 Å². The summed E-state index contributed by atoms with van der Waals surface area (Å²) in [5, 5.41) is 23.6. The van der Waals surface area contributed by atoms with Crippen LogP contribution in [0.2, 0.25) is 0 Å². The van der Waals surface area contributed by atoms with Gasteiger partial charge in [0, 0.05) is 18.4 Å².